The molecule has 0 radical (unpaired) electrons. The molecule has 3 heteroatoms. The summed E-state index contributed by atoms with van der Waals surface area (Å²) in [5, 5.41) is 3.60. The standard InChI is InChI=1S/C14H31N3/c1-14(2,12-16-9-5-4-8-15)13-6-10-17(3)11-7-13/h13,16H,4-12,15H2,1-3H3. The van der Waals surface area contributed by atoms with Gasteiger partial charge in [-0.1, -0.05) is 13.8 Å². The van der Waals surface area contributed by atoms with Crippen molar-refractivity contribution in [3.05, 3.63) is 0 Å². The normalized spacial score (nSPS) is 19.8. The Labute approximate surface area is 107 Å². The molecule has 0 spiro atoms. The quantitative estimate of drug-likeness (QED) is 0.666. The average Bonchev–Trinajstić information content (AvgIpc) is 2.29. The predicted octanol–water partition coefficient (Wildman–Crippen LogP) is 1.68. The number of hydrogen-bond acceptors (Lipinski definition) is 3. The number of unbranched alkanes of at least 4 members (excludes halogenated alkanes) is 1. The molecule has 0 amide bonds. The monoisotopic (exact) mass is 241 g/mol. The molecule has 3 nitrogen and oxygen atoms in total. The molecule has 1 saturated heterocycles. The molecule has 0 aromatic carbocycles. The van der Waals surface area contributed by atoms with E-state index in [-0.39, 0.29) is 0 Å². The molecule has 17 heavy (non-hydrogen) atoms. The summed E-state index contributed by atoms with van der Waals surface area (Å²) in [6.07, 6.45) is 5.06. The fourth-order valence-corrected chi connectivity index (χ4v) is 2.74. The van der Waals surface area contributed by atoms with Gasteiger partial charge in [0.2, 0.25) is 0 Å². The van der Waals surface area contributed by atoms with E-state index in [1.54, 1.807) is 0 Å². The van der Waals surface area contributed by atoms with Crippen LogP contribution >= 0.6 is 0 Å². The Hall–Kier alpha value is -0.120. The Bertz CT molecular complexity index is 196. The number of nitrogens with zero attached hydrogens (tertiary/aromatic N) is 1. The minimum Gasteiger partial charge on any atom is -0.330 e. The van der Waals surface area contributed by atoms with E-state index in [0.29, 0.717) is 5.41 Å². The van der Waals surface area contributed by atoms with E-state index in [4.69, 9.17) is 5.73 Å². The molecule has 0 bridgehead atoms. The fourth-order valence-electron chi connectivity index (χ4n) is 2.74. The van der Waals surface area contributed by atoms with Crippen LogP contribution in [0.4, 0.5) is 0 Å². The van der Waals surface area contributed by atoms with Gasteiger partial charge in [0.1, 0.15) is 0 Å². The van der Waals surface area contributed by atoms with E-state index in [1.807, 2.05) is 0 Å². The average molecular weight is 241 g/mol. The Morgan fingerprint density at radius 1 is 1.24 bits per heavy atom. The molecular formula is C14H31N3. The maximum Gasteiger partial charge on any atom is 0.000518 e. The third-order valence-corrected chi connectivity index (χ3v) is 4.21. The summed E-state index contributed by atoms with van der Waals surface area (Å²) in [4.78, 5) is 2.45. The SMILES string of the molecule is CN1CCC(C(C)(C)CNCCCCN)CC1. The zero-order chi connectivity index (χ0) is 12.7. The van der Waals surface area contributed by atoms with Crippen LogP contribution in [0.1, 0.15) is 39.5 Å². The summed E-state index contributed by atoms with van der Waals surface area (Å²) in [7, 11) is 2.23. The van der Waals surface area contributed by atoms with Crippen molar-refractivity contribution in [2.75, 3.05) is 39.8 Å². The van der Waals surface area contributed by atoms with Crippen LogP contribution in [0.5, 0.6) is 0 Å². The van der Waals surface area contributed by atoms with Crippen LogP contribution in [-0.4, -0.2) is 44.7 Å². The van der Waals surface area contributed by atoms with Crippen molar-refractivity contribution in [1.29, 1.82) is 0 Å². The number of hydrogen-bond donors (Lipinski definition) is 2. The van der Waals surface area contributed by atoms with Gasteiger partial charge in [-0.2, -0.15) is 0 Å². The molecule has 0 unspecified atom stereocenters. The van der Waals surface area contributed by atoms with E-state index < -0.39 is 0 Å². The molecule has 0 saturated carbocycles. The summed E-state index contributed by atoms with van der Waals surface area (Å²) in [5.74, 6) is 0.876. The highest BCUT2D eigenvalue weighted by Crippen LogP contribution is 2.34. The Morgan fingerprint density at radius 2 is 1.88 bits per heavy atom. The van der Waals surface area contributed by atoms with E-state index >= 15 is 0 Å². The van der Waals surface area contributed by atoms with Gasteiger partial charge in [0, 0.05) is 6.54 Å². The first-order valence-electron chi connectivity index (χ1n) is 7.15. The van der Waals surface area contributed by atoms with Gasteiger partial charge in [0.15, 0.2) is 0 Å². The molecule has 102 valence electrons. The molecule has 3 N–H and O–H groups in total. The van der Waals surface area contributed by atoms with Crippen molar-refractivity contribution in [1.82, 2.24) is 10.2 Å². The van der Waals surface area contributed by atoms with Crippen LogP contribution in [-0.2, 0) is 0 Å². The summed E-state index contributed by atoms with van der Waals surface area (Å²) in [5.41, 5.74) is 5.93. The third-order valence-electron chi connectivity index (χ3n) is 4.21. The third kappa shape index (κ3) is 5.36. The lowest BCUT2D eigenvalue weighted by Gasteiger charge is -2.40. The van der Waals surface area contributed by atoms with Crippen LogP contribution in [0.2, 0.25) is 0 Å². The highest BCUT2D eigenvalue weighted by molar-refractivity contribution is 4.84. The lowest BCUT2D eigenvalue weighted by atomic mass is 9.73. The van der Waals surface area contributed by atoms with Crippen molar-refractivity contribution in [3.8, 4) is 0 Å². The maximum atomic E-state index is 5.49. The van der Waals surface area contributed by atoms with Gasteiger partial charge < -0.3 is 16.0 Å². The number of nitrogens with two attached hydrogens (primary N) is 1. The highest BCUT2D eigenvalue weighted by atomic mass is 15.1. The minimum atomic E-state index is 0.434. The Morgan fingerprint density at radius 3 is 2.47 bits per heavy atom. The summed E-state index contributed by atoms with van der Waals surface area (Å²) >= 11 is 0. The molecule has 1 rings (SSSR count). The van der Waals surface area contributed by atoms with Crippen molar-refractivity contribution in [3.63, 3.8) is 0 Å². The van der Waals surface area contributed by atoms with Gasteiger partial charge in [-0.15, -0.1) is 0 Å². The molecule has 0 atom stereocenters. The topological polar surface area (TPSA) is 41.3 Å². The molecule has 1 aliphatic rings. The lowest BCUT2D eigenvalue weighted by Crippen LogP contribution is -2.42. The van der Waals surface area contributed by atoms with Crippen molar-refractivity contribution < 1.29 is 0 Å². The molecule has 0 aliphatic carbocycles. The van der Waals surface area contributed by atoms with Gasteiger partial charge >= 0.3 is 0 Å². The zero-order valence-electron chi connectivity index (χ0n) is 12.0. The van der Waals surface area contributed by atoms with Crippen molar-refractivity contribution in [2.24, 2.45) is 17.1 Å². The first kappa shape index (κ1) is 14.9. The van der Waals surface area contributed by atoms with Crippen LogP contribution in [0, 0.1) is 11.3 Å². The van der Waals surface area contributed by atoms with Crippen LogP contribution in [0.15, 0.2) is 0 Å². The summed E-state index contributed by atoms with van der Waals surface area (Å²) in [6.45, 7) is 10.4. The second-order valence-corrected chi connectivity index (χ2v) is 6.24. The first-order valence-corrected chi connectivity index (χ1v) is 7.15. The van der Waals surface area contributed by atoms with E-state index in [0.717, 1.165) is 32.0 Å². The molecule has 0 aromatic rings. The van der Waals surface area contributed by atoms with E-state index in [1.165, 1.54) is 32.4 Å². The van der Waals surface area contributed by atoms with Gasteiger partial charge in [0.25, 0.3) is 0 Å². The van der Waals surface area contributed by atoms with Crippen LogP contribution < -0.4 is 11.1 Å². The van der Waals surface area contributed by atoms with Gasteiger partial charge in [-0.25, -0.2) is 0 Å². The lowest BCUT2D eigenvalue weighted by molar-refractivity contribution is 0.113. The molecule has 1 heterocycles. The van der Waals surface area contributed by atoms with Gasteiger partial charge in [-0.05, 0) is 70.2 Å². The van der Waals surface area contributed by atoms with Gasteiger partial charge in [0.05, 0.1) is 0 Å². The smallest absolute Gasteiger partial charge is 0.000518 e. The van der Waals surface area contributed by atoms with Crippen LogP contribution in [0.3, 0.4) is 0 Å². The molecule has 1 fully saturated rings. The molecular weight excluding hydrogens is 210 g/mol. The maximum absolute atomic E-state index is 5.49. The first-order chi connectivity index (χ1) is 8.06. The number of rotatable bonds is 7. The minimum absolute atomic E-state index is 0.434. The van der Waals surface area contributed by atoms with Crippen molar-refractivity contribution >= 4 is 0 Å². The second kappa shape index (κ2) is 7.34. The van der Waals surface area contributed by atoms with Gasteiger partial charge in [-0.3, -0.25) is 0 Å². The number of likely N-dealkylation sites (tertiary alicyclic amines) is 1. The number of piperidine rings is 1. The predicted molar refractivity (Wildman–Crippen MR) is 75.2 cm³/mol. The number of nitrogens with one attached hydrogen (secondary N) is 1. The second-order valence-electron chi connectivity index (χ2n) is 6.24. The van der Waals surface area contributed by atoms with E-state index in [2.05, 4.69) is 31.1 Å². The molecule has 0 aromatic heterocycles. The summed E-state index contributed by atoms with van der Waals surface area (Å²) < 4.78 is 0. The fraction of sp³-hybridized carbons (Fsp3) is 1.00. The van der Waals surface area contributed by atoms with E-state index in [9.17, 15) is 0 Å². The highest BCUT2D eigenvalue weighted by Gasteiger charge is 2.31. The summed E-state index contributed by atoms with van der Waals surface area (Å²) in [6, 6.07) is 0. The zero-order valence-corrected chi connectivity index (χ0v) is 12.0. The molecule has 1 aliphatic heterocycles. The van der Waals surface area contributed by atoms with Crippen LogP contribution in [0.25, 0.3) is 0 Å². The largest absolute Gasteiger partial charge is 0.330 e. The Kier molecular flexibility index (Phi) is 6.45. The Balaban J connectivity index is 2.20. The van der Waals surface area contributed by atoms with Crippen molar-refractivity contribution in [2.45, 2.75) is 39.5 Å².